The molecule has 142 valence electrons. The van der Waals surface area contributed by atoms with Crippen LogP contribution in [0.25, 0.3) is 11.6 Å². The zero-order valence-corrected chi connectivity index (χ0v) is 16.6. The number of para-hydroxylation sites is 1. The number of ether oxygens (including phenoxy) is 1. The second kappa shape index (κ2) is 7.17. The average molecular weight is 391 g/mol. The summed E-state index contributed by atoms with van der Waals surface area (Å²) in [5.74, 6) is 0.885. The Balaban J connectivity index is 1.89. The molecule has 0 atom stereocenters. The lowest BCUT2D eigenvalue weighted by Gasteiger charge is -2.13. The first-order valence-corrected chi connectivity index (χ1v) is 10.9. The summed E-state index contributed by atoms with van der Waals surface area (Å²) in [7, 11) is -3.33. The van der Waals surface area contributed by atoms with E-state index >= 15 is 0 Å². The van der Waals surface area contributed by atoms with Gasteiger partial charge in [0.05, 0.1) is 6.26 Å². The highest BCUT2D eigenvalue weighted by Crippen LogP contribution is 2.39. The van der Waals surface area contributed by atoms with E-state index in [9.17, 15) is 8.42 Å². The summed E-state index contributed by atoms with van der Waals surface area (Å²) in [5.41, 5.74) is 6.87. The standard InChI is InChI=1S/C23H21NO3S/c1-16-7-5-12-21-22(20-11-4-3-9-18(20)15-27-23(16)21)14-17-8-6-10-19(13-17)24-28(2,25)26/h3-14,24H,15H2,1-2H3. The van der Waals surface area contributed by atoms with Crippen LogP contribution in [0.5, 0.6) is 5.75 Å². The Morgan fingerprint density at radius 3 is 2.54 bits per heavy atom. The van der Waals surface area contributed by atoms with Gasteiger partial charge in [-0.15, -0.1) is 0 Å². The van der Waals surface area contributed by atoms with Crippen LogP contribution in [-0.4, -0.2) is 14.7 Å². The zero-order valence-electron chi connectivity index (χ0n) is 15.8. The Bertz CT molecular complexity index is 1180. The highest BCUT2D eigenvalue weighted by atomic mass is 32.2. The fourth-order valence-corrected chi connectivity index (χ4v) is 4.04. The maximum atomic E-state index is 11.6. The van der Waals surface area contributed by atoms with Crippen molar-refractivity contribution in [1.82, 2.24) is 0 Å². The summed E-state index contributed by atoms with van der Waals surface area (Å²) in [4.78, 5) is 0. The quantitative estimate of drug-likeness (QED) is 0.694. The Hall–Kier alpha value is -3.05. The van der Waals surface area contributed by atoms with E-state index in [1.807, 2.05) is 49.4 Å². The minimum absolute atomic E-state index is 0.515. The second-order valence-corrected chi connectivity index (χ2v) is 8.70. The molecule has 0 radical (unpaired) electrons. The molecule has 0 aliphatic carbocycles. The minimum atomic E-state index is -3.33. The molecule has 3 aromatic rings. The molecule has 0 amide bonds. The molecule has 0 unspecified atom stereocenters. The number of hydrogen-bond acceptors (Lipinski definition) is 3. The van der Waals surface area contributed by atoms with Crippen molar-refractivity contribution in [3.63, 3.8) is 0 Å². The van der Waals surface area contributed by atoms with Crippen LogP contribution in [0, 0.1) is 6.92 Å². The highest BCUT2D eigenvalue weighted by Gasteiger charge is 2.20. The summed E-state index contributed by atoms with van der Waals surface area (Å²) in [6.45, 7) is 2.56. The van der Waals surface area contributed by atoms with Gasteiger partial charge in [0.25, 0.3) is 0 Å². The zero-order chi connectivity index (χ0) is 19.7. The van der Waals surface area contributed by atoms with E-state index < -0.39 is 10.0 Å². The molecular formula is C23H21NO3S. The lowest BCUT2D eigenvalue weighted by Crippen LogP contribution is -2.09. The average Bonchev–Trinajstić information content (AvgIpc) is 2.79. The minimum Gasteiger partial charge on any atom is -0.488 e. The number of rotatable bonds is 3. The third-order valence-corrected chi connectivity index (χ3v) is 5.29. The molecule has 1 N–H and O–H groups in total. The van der Waals surface area contributed by atoms with Crippen LogP contribution in [0.1, 0.15) is 27.8 Å². The normalized spacial score (nSPS) is 14.6. The van der Waals surface area contributed by atoms with E-state index in [1.54, 1.807) is 6.07 Å². The van der Waals surface area contributed by atoms with E-state index in [4.69, 9.17) is 4.74 Å². The first-order chi connectivity index (χ1) is 13.4. The Kier molecular flexibility index (Phi) is 4.69. The van der Waals surface area contributed by atoms with E-state index in [0.717, 1.165) is 45.4 Å². The van der Waals surface area contributed by atoms with Crippen LogP contribution >= 0.6 is 0 Å². The number of sulfonamides is 1. The van der Waals surface area contributed by atoms with Crippen LogP contribution in [0.15, 0.2) is 66.7 Å². The number of fused-ring (bicyclic) bond motifs is 2. The molecule has 4 nitrogen and oxygen atoms in total. The van der Waals surface area contributed by atoms with E-state index in [-0.39, 0.29) is 0 Å². The van der Waals surface area contributed by atoms with E-state index in [2.05, 4.69) is 29.0 Å². The topological polar surface area (TPSA) is 55.4 Å². The van der Waals surface area contributed by atoms with Gasteiger partial charge in [-0.05, 0) is 53.0 Å². The van der Waals surface area contributed by atoms with Gasteiger partial charge in [-0.1, -0.05) is 54.6 Å². The number of benzene rings is 3. The molecule has 3 aromatic carbocycles. The largest absolute Gasteiger partial charge is 0.488 e. The van der Waals surface area contributed by atoms with Gasteiger partial charge in [-0.2, -0.15) is 0 Å². The van der Waals surface area contributed by atoms with Crippen molar-refractivity contribution in [1.29, 1.82) is 0 Å². The molecule has 1 aliphatic rings. The molecule has 5 heteroatoms. The summed E-state index contributed by atoms with van der Waals surface area (Å²) >= 11 is 0. The maximum absolute atomic E-state index is 11.6. The summed E-state index contributed by atoms with van der Waals surface area (Å²) in [5, 5.41) is 0. The van der Waals surface area contributed by atoms with Crippen molar-refractivity contribution in [3.05, 3.63) is 94.5 Å². The predicted molar refractivity (Wildman–Crippen MR) is 114 cm³/mol. The molecule has 0 bridgehead atoms. The predicted octanol–water partition coefficient (Wildman–Crippen LogP) is 4.85. The Morgan fingerprint density at radius 2 is 1.71 bits per heavy atom. The molecule has 1 aliphatic heterocycles. The van der Waals surface area contributed by atoms with Gasteiger partial charge < -0.3 is 4.74 Å². The maximum Gasteiger partial charge on any atom is 0.229 e. The van der Waals surface area contributed by atoms with Crippen LogP contribution in [-0.2, 0) is 16.6 Å². The molecular weight excluding hydrogens is 370 g/mol. The van der Waals surface area contributed by atoms with E-state index in [0.29, 0.717) is 12.3 Å². The van der Waals surface area contributed by atoms with Crippen molar-refractivity contribution in [2.75, 3.05) is 11.0 Å². The van der Waals surface area contributed by atoms with Crippen molar-refractivity contribution in [3.8, 4) is 5.75 Å². The lowest BCUT2D eigenvalue weighted by molar-refractivity contribution is 0.305. The van der Waals surface area contributed by atoms with Gasteiger partial charge in [0.1, 0.15) is 12.4 Å². The molecule has 0 spiro atoms. The third kappa shape index (κ3) is 3.80. The first-order valence-electron chi connectivity index (χ1n) is 9.01. The summed E-state index contributed by atoms with van der Waals surface area (Å²) in [6.07, 6.45) is 3.23. The number of hydrogen-bond donors (Lipinski definition) is 1. The van der Waals surface area contributed by atoms with Crippen LogP contribution in [0.3, 0.4) is 0 Å². The van der Waals surface area contributed by atoms with Gasteiger partial charge in [0, 0.05) is 11.3 Å². The Morgan fingerprint density at radius 1 is 0.964 bits per heavy atom. The molecule has 0 fully saturated rings. The summed E-state index contributed by atoms with van der Waals surface area (Å²) in [6, 6.07) is 21.7. The number of nitrogens with one attached hydrogen (secondary N) is 1. The van der Waals surface area contributed by atoms with Gasteiger partial charge in [-0.3, -0.25) is 4.72 Å². The molecule has 0 aromatic heterocycles. The first kappa shape index (κ1) is 18.3. The van der Waals surface area contributed by atoms with Crippen LogP contribution < -0.4 is 9.46 Å². The fourth-order valence-electron chi connectivity index (χ4n) is 3.49. The molecule has 0 saturated carbocycles. The van der Waals surface area contributed by atoms with E-state index in [1.165, 1.54) is 0 Å². The SMILES string of the molecule is Cc1cccc2c1OCc1ccccc1C2=Cc1cccc(NS(C)(=O)=O)c1. The molecule has 28 heavy (non-hydrogen) atoms. The molecule has 1 heterocycles. The number of aryl methyl sites for hydroxylation is 1. The van der Waals surface area contributed by atoms with Gasteiger partial charge in [-0.25, -0.2) is 8.42 Å². The van der Waals surface area contributed by atoms with Crippen molar-refractivity contribution < 1.29 is 13.2 Å². The van der Waals surface area contributed by atoms with Crippen LogP contribution in [0.4, 0.5) is 5.69 Å². The molecule has 0 saturated heterocycles. The Labute approximate surface area is 165 Å². The van der Waals surface area contributed by atoms with Crippen molar-refractivity contribution in [2.45, 2.75) is 13.5 Å². The van der Waals surface area contributed by atoms with Crippen molar-refractivity contribution >= 4 is 27.4 Å². The van der Waals surface area contributed by atoms with Gasteiger partial charge in [0.2, 0.25) is 10.0 Å². The fraction of sp³-hybridized carbons (Fsp3) is 0.130. The third-order valence-electron chi connectivity index (χ3n) is 4.68. The van der Waals surface area contributed by atoms with Gasteiger partial charge >= 0.3 is 0 Å². The highest BCUT2D eigenvalue weighted by molar-refractivity contribution is 7.92. The second-order valence-electron chi connectivity index (χ2n) is 6.96. The molecule has 4 rings (SSSR count). The van der Waals surface area contributed by atoms with Crippen molar-refractivity contribution in [2.24, 2.45) is 0 Å². The monoisotopic (exact) mass is 391 g/mol. The number of anilines is 1. The van der Waals surface area contributed by atoms with Gasteiger partial charge in [0.15, 0.2) is 0 Å². The van der Waals surface area contributed by atoms with Crippen LogP contribution in [0.2, 0.25) is 0 Å². The smallest absolute Gasteiger partial charge is 0.229 e. The summed E-state index contributed by atoms with van der Waals surface area (Å²) < 4.78 is 31.8. The lowest BCUT2D eigenvalue weighted by atomic mass is 9.92.